The maximum absolute atomic E-state index is 12.2. The highest BCUT2D eigenvalue weighted by atomic mass is 16.5. The standard InChI is InChI=1S/C15H14N2O4/c1-4-5-17-11-7-13(21-3)12(20-2)6-9(11)14(18)10(8-16)15(17)19/h4,6-7,18H,1,5H2,2-3H3. The largest absolute Gasteiger partial charge is 0.506 e. The molecule has 0 aliphatic heterocycles. The van der Waals surface area contributed by atoms with Gasteiger partial charge in [-0.2, -0.15) is 5.26 Å². The van der Waals surface area contributed by atoms with Gasteiger partial charge in [0, 0.05) is 18.0 Å². The number of ether oxygens (including phenoxy) is 2. The fraction of sp³-hybridized carbons (Fsp3) is 0.200. The SMILES string of the molecule is C=CCn1c(=O)c(C#N)c(O)c2cc(OC)c(OC)cc21. The zero-order valence-electron chi connectivity index (χ0n) is 11.7. The Morgan fingerprint density at radius 3 is 2.52 bits per heavy atom. The highest BCUT2D eigenvalue weighted by Crippen LogP contribution is 2.36. The Labute approximate surface area is 121 Å². The quantitative estimate of drug-likeness (QED) is 0.866. The van der Waals surface area contributed by atoms with Crippen LogP contribution in [-0.4, -0.2) is 23.9 Å². The van der Waals surface area contributed by atoms with Crippen molar-refractivity contribution in [3.63, 3.8) is 0 Å². The predicted molar refractivity (Wildman–Crippen MR) is 77.9 cm³/mol. The lowest BCUT2D eigenvalue weighted by molar-refractivity contribution is 0.355. The van der Waals surface area contributed by atoms with Crippen molar-refractivity contribution in [2.24, 2.45) is 0 Å². The van der Waals surface area contributed by atoms with E-state index < -0.39 is 5.56 Å². The van der Waals surface area contributed by atoms with Gasteiger partial charge in [-0.05, 0) is 6.07 Å². The molecule has 0 aliphatic carbocycles. The molecule has 0 saturated heterocycles. The molecular formula is C15H14N2O4. The summed E-state index contributed by atoms with van der Waals surface area (Å²) < 4.78 is 11.7. The fourth-order valence-corrected chi connectivity index (χ4v) is 2.17. The summed E-state index contributed by atoms with van der Waals surface area (Å²) in [4.78, 5) is 12.2. The first kappa shape index (κ1) is 14.5. The molecule has 0 amide bonds. The molecule has 0 radical (unpaired) electrons. The van der Waals surface area contributed by atoms with E-state index in [0.717, 1.165) is 0 Å². The molecule has 0 unspecified atom stereocenters. The lowest BCUT2D eigenvalue weighted by Crippen LogP contribution is -2.22. The van der Waals surface area contributed by atoms with E-state index in [9.17, 15) is 9.90 Å². The monoisotopic (exact) mass is 286 g/mol. The third-order valence-electron chi connectivity index (χ3n) is 3.17. The first-order valence-electron chi connectivity index (χ1n) is 6.11. The van der Waals surface area contributed by atoms with Crippen LogP contribution in [0.25, 0.3) is 10.9 Å². The van der Waals surface area contributed by atoms with Crippen LogP contribution in [0.15, 0.2) is 29.6 Å². The summed E-state index contributed by atoms with van der Waals surface area (Å²) in [7, 11) is 2.94. The molecule has 0 atom stereocenters. The van der Waals surface area contributed by atoms with Gasteiger partial charge in [-0.15, -0.1) is 6.58 Å². The Kier molecular flexibility index (Phi) is 3.85. The number of fused-ring (bicyclic) bond motifs is 1. The average molecular weight is 286 g/mol. The van der Waals surface area contributed by atoms with Crippen LogP contribution in [0.3, 0.4) is 0 Å². The smallest absolute Gasteiger partial charge is 0.273 e. The minimum Gasteiger partial charge on any atom is -0.506 e. The van der Waals surface area contributed by atoms with E-state index in [0.29, 0.717) is 22.4 Å². The molecule has 108 valence electrons. The average Bonchev–Trinajstić information content (AvgIpc) is 2.50. The lowest BCUT2D eigenvalue weighted by atomic mass is 10.1. The van der Waals surface area contributed by atoms with Gasteiger partial charge in [0.05, 0.1) is 19.7 Å². The molecule has 21 heavy (non-hydrogen) atoms. The molecule has 0 aliphatic rings. The van der Waals surface area contributed by atoms with Crippen LogP contribution in [0.2, 0.25) is 0 Å². The number of nitriles is 1. The topological polar surface area (TPSA) is 84.5 Å². The summed E-state index contributed by atoms with van der Waals surface area (Å²) in [6.45, 7) is 3.81. The van der Waals surface area contributed by atoms with Gasteiger partial charge in [-0.3, -0.25) is 4.79 Å². The Morgan fingerprint density at radius 1 is 1.38 bits per heavy atom. The number of hydrogen-bond donors (Lipinski definition) is 1. The number of methoxy groups -OCH3 is 2. The van der Waals surface area contributed by atoms with Gasteiger partial charge in [-0.25, -0.2) is 0 Å². The van der Waals surface area contributed by atoms with E-state index >= 15 is 0 Å². The first-order chi connectivity index (χ1) is 10.1. The maximum atomic E-state index is 12.2. The number of allylic oxidation sites excluding steroid dienone is 1. The number of hydrogen-bond acceptors (Lipinski definition) is 5. The minimum absolute atomic E-state index is 0.208. The Hall–Kier alpha value is -2.94. The Bertz CT molecular complexity index is 815. The van der Waals surface area contributed by atoms with Crippen molar-refractivity contribution in [3.8, 4) is 23.3 Å². The summed E-state index contributed by atoms with van der Waals surface area (Å²) in [5.41, 5.74) is -0.444. The van der Waals surface area contributed by atoms with Gasteiger partial charge in [0.1, 0.15) is 11.8 Å². The van der Waals surface area contributed by atoms with Gasteiger partial charge >= 0.3 is 0 Å². The van der Waals surface area contributed by atoms with Crippen molar-refractivity contribution in [2.45, 2.75) is 6.54 Å². The molecule has 0 spiro atoms. The maximum Gasteiger partial charge on any atom is 0.273 e. The van der Waals surface area contributed by atoms with E-state index in [2.05, 4.69) is 6.58 Å². The van der Waals surface area contributed by atoms with Crippen molar-refractivity contribution in [1.82, 2.24) is 4.57 Å². The van der Waals surface area contributed by atoms with Gasteiger partial charge in [-0.1, -0.05) is 6.08 Å². The second-order valence-electron chi connectivity index (χ2n) is 4.26. The van der Waals surface area contributed by atoms with E-state index in [4.69, 9.17) is 14.7 Å². The molecule has 0 saturated carbocycles. The van der Waals surface area contributed by atoms with E-state index in [-0.39, 0.29) is 17.9 Å². The Balaban J connectivity index is 3.02. The second-order valence-corrected chi connectivity index (χ2v) is 4.26. The van der Waals surface area contributed by atoms with E-state index in [1.807, 2.05) is 0 Å². The molecule has 0 bridgehead atoms. The summed E-state index contributed by atoms with van der Waals surface area (Å²) in [5, 5.41) is 19.6. The third-order valence-corrected chi connectivity index (χ3v) is 3.17. The normalized spacial score (nSPS) is 10.1. The van der Waals surface area contributed by atoms with Crippen LogP contribution in [0.4, 0.5) is 0 Å². The zero-order chi connectivity index (χ0) is 15.6. The first-order valence-corrected chi connectivity index (χ1v) is 6.11. The van der Waals surface area contributed by atoms with Crippen molar-refractivity contribution >= 4 is 10.9 Å². The van der Waals surface area contributed by atoms with E-state index in [1.165, 1.54) is 30.9 Å². The van der Waals surface area contributed by atoms with Gasteiger partial charge in [0.2, 0.25) is 0 Å². The van der Waals surface area contributed by atoms with Crippen molar-refractivity contribution < 1.29 is 14.6 Å². The van der Waals surface area contributed by atoms with Crippen LogP contribution in [0, 0.1) is 11.3 Å². The number of pyridine rings is 1. The molecule has 6 heteroatoms. The summed E-state index contributed by atoms with van der Waals surface area (Å²) in [6, 6.07) is 4.85. The number of rotatable bonds is 4. The fourth-order valence-electron chi connectivity index (χ4n) is 2.17. The summed E-state index contributed by atoms with van der Waals surface area (Å²) in [6.07, 6.45) is 1.54. The van der Waals surface area contributed by atoms with Crippen LogP contribution >= 0.6 is 0 Å². The van der Waals surface area contributed by atoms with Crippen LogP contribution in [0.1, 0.15) is 5.56 Å². The van der Waals surface area contributed by atoms with E-state index in [1.54, 1.807) is 12.1 Å². The number of benzene rings is 1. The molecule has 1 aromatic heterocycles. The molecular weight excluding hydrogens is 272 g/mol. The molecule has 1 N–H and O–H groups in total. The van der Waals surface area contributed by atoms with Crippen LogP contribution < -0.4 is 15.0 Å². The summed E-state index contributed by atoms with van der Waals surface area (Å²) in [5.74, 6) is 0.457. The highest BCUT2D eigenvalue weighted by molar-refractivity contribution is 5.90. The van der Waals surface area contributed by atoms with Crippen LogP contribution in [-0.2, 0) is 6.54 Å². The Morgan fingerprint density at radius 2 is 2.00 bits per heavy atom. The van der Waals surface area contributed by atoms with Crippen molar-refractivity contribution in [3.05, 3.63) is 40.7 Å². The molecule has 1 aromatic carbocycles. The minimum atomic E-state index is -0.574. The second kappa shape index (κ2) is 5.59. The van der Waals surface area contributed by atoms with Crippen LogP contribution in [0.5, 0.6) is 17.2 Å². The van der Waals surface area contributed by atoms with Gasteiger partial charge in [0.15, 0.2) is 17.1 Å². The molecule has 2 rings (SSSR count). The molecule has 6 nitrogen and oxygen atoms in total. The van der Waals surface area contributed by atoms with Crippen molar-refractivity contribution in [1.29, 1.82) is 5.26 Å². The number of aromatic hydroxyl groups is 1. The lowest BCUT2D eigenvalue weighted by Gasteiger charge is -2.14. The van der Waals surface area contributed by atoms with Gasteiger partial charge in [0.25, 0.3) is 5.56 Å². The highest BCUT2D eigenvalue weighted by Gasteiger charge is 2.18. The van der Waals surface area contributed by atoms with Crippen molar-refractivity contribution in [2.75, 3.05) is 14.2 Å². The number of aromatic nitrogens is 1. The predicted octanol–water partition coefficient (Wildman–Crippen LogP) is 1.78. The zero-order valence-corrected chi connectivity index (χ0v) is 11.7. The number of nitrogens with zero attached hydrogens (tertiary/aromatic N) is 2. The molecule has 2 aromatic rings. The third kappa shape index (κ3) is 2.19. The molecule has 1 heterocycles. The summed E-state index contributed by atoms with van der Waals surface area (Å²) >= 11 is 0. The van der Waals surface area contributed by atoms with Gasteiger partial charge < -0.3 is 19.1 Å². The molecule has 0 fully saturated rings.